The first kappa shape index (κ1) is 21.5. The molecule has 0 aliphatic rings. The Morgan fingerprint density at radius 1 is 1.18 bits per heavy atom. The third-order valence-electron chi connectivity index (χ3n) is 3.91. The standard InChI is InChI=1S/C17H18F3N3O4S/c1-11(12-6-8-15(9-7-12)28(21,25)26)23(2)16(24)22-13-4-3-5-14(10-13)27-17(18,19)20/h3-11H,1-2H3,(H,22,24)(H2,21,25,26)/t11-/m0/s1. The van der Waals surface area contributed by atoms with E-state index in [1.54, 1.807) is 6.92 Å². The van der Waals surface area contributed by atoms with Crippen molar-refractivity contribution in [1.82, 2.24) is 4.90 Å². The van der Waals surface area contributed by atoms with E-state index < -0.39 is 34.2 Å². The molecule has 0 aliphatic heterocycles. The van der Waals surface area contributed by atoms with Crippen LogP contribution in [-0.2, 0) is 10.0 Å². The van der Waals surface area contributed by atoms with Gasteiger partial charge in [0, 0.05) is 18.8 Å². The van der Waals surface area contributed by atoms with Crippen molar-refractivity contribution in [2.45, 2.75) is 24.2 Å². The lowest BCUT2D eigenvalue weighted by atomic mass is 10.1. The van der Waals surface area contributed by atoms with Crippen molar-refractivity contribution in [2.75, 3.05) is 12.4 Å². The van der Waals surface area contributed by atoms with Crippen molar-refractivity contribution >= 4 is 21.7 Å². The van der Waals surface area contributed by atoms with E-state index in [4.69, 9.17) is 5.14 Å². The number of rotatable bonds is 5. The Kier molecular flexibility index (Phi) is 6.20. The second-order valence-electron chi connectivity index (χ2n) is 5.91. The molecule has 0 fully saturated rings. The minimum Gasteiger partial charge on any atom is -0.406 e. The number of nitrogens with zero attached hydrogens (tertiary/aromatic N) is 1. The number of alkyl halides is 3. The summed E-state index contributed by atoms with van der Waals surface area (Å²) >= 11 is 0. The number of benzene rings is 2. The highest BCUT2D eigenvalue weighted by Crippen LogP contribution is 2.26. The van der Waals surface area contributed by atoms with Crippen molar-refractivity contribution in [3.8, 4) is 5.75 Å². The third kappa shape index (κ3) is 5.86. The van der Waals surface area contributed by atoms with Gasteiger partial charge in [-0.2, -0.15) is 0 Å². The van der Waals surface area contributed by atoms with Crippen LogP contribution in [0.3, 0.4) is 0 Å². The zero-order valence-corrected chi connectivity index (χ0v) is 15.7. The summed E-state index contributed by atoms with van der Waals surface area (Å²) in [6, 6.07) is 9.55. The normalized spacial score (nSPS) is 12.9. The molecule has 2 rings (SSSR count). The van der Waals surface area contributed by atoms with Crippen LogP contribution in [0.4, 0.5) is 23.7 Å². The van der Waals surface area contributed by atoms with Crippen molar-refractivity contribution in [3.05, 3.63) is 54.1 Å². The quantitative estimate of drug-likeness (QED) is 0.778. The van der Waals surface area contributed by atoms with Gasteiger partial charge >= 0.3 is 12.4 Å². The number of sulfonamides is 1. The van der Waals surface area contributed by atoms with Crippen LogP contribution >= 0.6 is 0 Å². The maximum atomic E-state index is 12.4. The van der Waals surface area contributed by atoms with E-state index >= 15 is 0 Å². The largest absolute Gasteiger partial charge is 0.573 e. The molecular weight excluding hydrogens is 399 g/mol. The van der Waals surface area contributed by atoms with Gasteiger partial charge in [-0.1, -0.05) is 18.2 Å². The summed E-state index contributed by atoms with van der Waals surface area (Å²) in [7, 11) is -2.33. The molecule has 0 saturated carbocycles. The topological polar surface area (TPSA) is 102 Å². The van der Waals surface area contributed by atoms with Gasteiger partial charge < -0.3 is 15.0 Å². The minimum absolute atomic E-state index is 0.0583. The van der Waals surface area contributed by atoms with Crippen LogP contribution < -0.4 is 15.2 Å². The van der Waals surface area contributed by atoms with Crippen LogP contribution in [0.15, 0.2) is 53.4 Å². The summed E-state index contributed by atoms with van der Waals surface area (Å²) in [5.74, 6) is -0.459. The third-order valence-corrected chi connectivity index (χ3v) is 4.84. The molecule has 0 unspecified atom stereocenters. The fourth-order valence-electron chi connectivity index (χ4n) is 2.32. The fourth-order valence-corrected chi connectivity index (χ4v) is 2.83. The number of carbonyl (C=O) groups excluding carboxylic acids is 1. The molecule has 0 spiro atoms. The number of carbonyl (C=O) groups is 1. The monoisotopic (exact) mass is 417 g/mol. The molecule has 0 bridgehead atoms. The minimum atomic E-state index is -4.84. The van der Waals surface area contributed by atoms with E-state index in [9.17, 15) is 26.4 Å². The maximum absolute atomic E-state index is 12.4. The number of hydrogen-bond donors (Lipinski definition) is 2. The predicted molar refractivity (Wildman–Crippen MR) is 96.1 cm³/mol. The van der Waals surface area contributed by atoms with Crippen LogP contribution in [0.1, 0.15) is 18.5 Å². The molecule has 2 amide bonds. The molecule has 0 radical (unpaired) electrons. The molecule has 0 aromatic heterocycles. The van der Waals surface area contributed by atoms with Gasteiger partial charge in [-0.25, -0.2) is 18.4 Å². The Morgan fingerprint density at radius 2 is 1.79 bits per heavy atom. The number of amides is 2. The number of primary sulfonamides is 1. The number of hydrogen-bond acceptors (Lipinski definition) is 4. The van der Waals surface area contributed by atoms with Crippen molar-refractivity contribution in [2.24, 2.45) is 5.14 Å². The lowest BCUT2D eigenvalue weighted by Crippen LogP contribution is -2.33. The summed E-state index contributed by atoms with van der Waals surface area (Å²) < 4.78 is 63.3. The molecule has 0 heterocycles. The molecule has 2 aromatic carbocycles. The molecule has 1 atom stereocenters. The Labute approximate surface area is 159 Å². The zero-order chi connectivity index (χ0) is 21.1. The average Bonchev–Trinajstić information content (AvgIpc) is 2.58. The molecule has 0 aliphatic carbocycles. The summed E-state index contributed by atoms with van der Waals surface area (Å²) in [6.45, 7) is 1.70. The van der Waals surface area contributed by atoms with Crippen molar-refractivity contribution in [1.29, 1.82) is 0 Å². The van der Waals surface area contributed by atoms with E-state index in [-0.39, 0.29) is 10.6 Å². The first-order valence-electron chi connectivity index (χ1n) is 7.89. The highest BCUT2D eigenvalue weighted by Gasteiger charge is 2.31. The Hall–Kier alpha value is -2.79. The van der Waals surface area contributed by atoms with Gasteiger partial charge in [-0.05, 0) is 36.8 Å². The number of halogens is 3. The fraction of sp³-hybridized carbons (Fsp3) is 0.235. The Balaban J connectivity index is 2.09. The first-order chi connectivity index (χ1) is 12.9. The maximum Gasteiger partial charge on any atom is 0.573 e. The summed E-state index contributed by atoms with van der Waals surface area (Å²) in [4.78, 5) is 13.6. The van der Waals surface area contributed by atoms with E-state index in [1.165, 1.54) is 48.3 Å². The van der Waals surface area contributed by atoms with Gasteiger partial charge in [-0.15, -0.1) is 13.2 Å². The van der Waals surface area contributed by atoms with Gasteiger partial charge in [0.2, 0.25) is 10.0 Å². The van der Waals surface area contributed by atoms with E-state index in [0.717, 1.165) is 12.1 Å². The van der Waals surface area contributed by atoms with Crippen molar-refractivity contribution in [3.63, 3.8) is 0 Å². The van der Waals surface area contributed by atoms with Crippen molar-refractivity contribution < 1.29 is 31.1 Å². The van der Waals surface area contributed by atoms with Crippen LogP contribution in [0, 0.1) is 0 Å². The van der Waals surface area contributed by atoms with Gasteiger partial charge in [0.15, 0.2) is 0 Å². The lowest BCUT2D eigenvalue weighted by molar-refractivity contribution is -0.274. The summed E-state index contributed by atoms with van der Waals surface area (Å²) in [5.41, 5.74) is 0.759. The number of urea groups is 1. The molecule has 11 heteroatoms. The number of anilines is 1. The molecular formula is C17H18F3N3O4S. The molecule has 7 nitrogen and oxygen atoms in total. The van der Waals surface area contributed by atoms with Gasteiger partial charge in [0.05, 0.1) is 10.9 Å². The van der Waals surface area contributed by atoms with E-state index in [1.807, 2.05) is 0 Å². The number of ether oxygens (including phenoxy) is 1. The lowest BCUT2D eigenvalue weighted by Gasteiger charge is -2.26. The molecule has 28 heavy (non-hydrogen) atoms. The van der Waals surface area contributed by atoms with Crippen LogP contribution in [0.5, 0.6) is 5.75 Å². The zero-order valence-electron chi connectivity index (χ0n) is 14.9. The Bertz CT molecular complexity index is 947. The SMILES string of the molecule is C[C@@H](c1ccc(S(N)(=O)=O)cc1)N(C)C(=O)Nc1cccc(OC(F)(F)F)c1. The molecule has 3 N–H and O–H groups in total. The first-order valence-corrected chi connectivity index (χ1v) is 9.44. The number of nitrogens with one attached hydrogen (secondary N) is 1. The smallest absolute Gasteiger partial charge is 0.406 e. The van der Waals surface area contributed by atoms with Crippen LogP contribution in [-0.4, -0.2) is 32.8 Å². The second kappa shape index (κ2) is 8.07. The van der Waals surface area contributed by atoms with Gasteiger partial charge in [0.25, 0.3) is 0 Å². The van der Waals surface area contributed by atoms with Gasteiger partial charge in [0.1, 0.15) is 5.75 Å². The highest BCUT2D eigenvalue weighted by atomic mass is 32.2. The van der Waals surface area contributed by atoms with Crippen LogP contribution in [0.25, 0.3) is 0 Å². The number of nitrogens with two attached hydrogens (primary N) is 1. The molecule has 2 aromatic rings. The van der Waals surface area contributed by atoms with Gasteiger partial charge in [-0.3, -0.25) is 0 Å². The summed E-state index contributed by atoms with van der Waals surface area (Å²) in [6.07, 6.45) is -4.84. The molecule has 152 valence electrons. The van der Waals surface area contributed by atoms with E-state index in [0.29, 0.717) is 5.56 Å². The highest BCUT2D eigenvalue weighted by molar-refractivity contribution is 7.89. The Morgan fingerprint density at radius 3 is 2.32 bits per heavy atom. The summed E-state index contributed by atoms with van der Waals surface area (Å²) in [5, 5.41) is 7.52. The average molecular weight is 417 g/mol. The van der Waals surface area contributed by atoms with E-state index in [2.05, 4.69) is 10.1 Å². The predicted octanol–water partition coefficient (Wildman–Crippen LogP) is 3.46. The molecule has 0 saturated heterocycles. The van der Waals surface area contributed by atoms with Crippen LogP contribution in [0.2, 0.25) is 0 Å². The second-order valence-corrected chi connectivity index (χ2v) is 7.47.